The third kappa shape index (κ3) is 5.01. The van der Waals surface area contributed by atoms with E-state index in [4.69, 9.17) is 62.7 Å². The van der Waals surface area contributed by atoms with Crippen LogP contribution in [0.15, 0.2) is 30.3 Å². The molecular formula is C21H19Cl5N2O3. The summed E-state index contributed by atoms with van der Waals surface area (Å²) in [4.78, 5) is 25.2. The fraction of sp³-hybridized carbons (Fsp3) is 0.333. The number of rotatable bonds is 7. The number of carbonyl (C=O) groups excluding carboxylic acids is 2. The molecule has 0 heterocycles. The van der Waals surface area contributed by atoms with Gasteiger partial charge in [0.15, 0.2) is 5.75 Å². The molecule has 0 aromatic heterocycles. The maximum Gasteiger partial charge on any atom is 0.252 e. The highest BCUT2D eigenvalue weighted by Gasteiger charge is 2.67. The molecule has 31 heavy (non-hydrogen) atoms. The molecule has 0 saturated heterocycles. The number of hydrogen-bond acceptors (Lipinski definition) is 3. The van der Waals surface area contributed by atoms with Gasteiger partial charge in [0.05, 0.1) is 33.7 Å². The van der Waals surface area contributed by atoms with Gasteiger partial charge in [-0.05, 0) is 42.3 Å². The molecular weight excluding hydrogens is 506 g/mol. The highest BCUT2D eigenvalue weighted by atomic mass is 35.5. The lowest BCUT2D eigenvalue weighted by Gasteiger charge is -2.10. The van der Waals surface area contributed by atoms with E-state index < -0.39 is 22.1 Å². The van der Waals surface area contributed by atoms with Gasteiger partial charge in [0.2, 0.25) is 5.91 Å². The Balaban J connectivity index is 1.79. The maximum atomic E-state index is 12.9. The predicted octanol–water partition coefficient (Wildman–Crippen LogP) is 6.32. The van der Waals surface area contributed by atoms with Crippen molar-refractivity contribution in [2.24, 2.45) is 5.92 Å². The van der Waals surface area contributed by atoms with Crippen molar-refractivity contribution in [1.82, 2.24) is 5.32 Å². The molecule has 5 nitrogen and oxygen atoms in total. The predicted molar refractivity (Wildman–Crippen MR) is 126 cm³/mol. The number of alkyl halides is 2. The van der Waals surface area contributed by atoms with Crippen LogP contribution in [0.2, 0.25) is 15.1 Å². The van der Waals surface area contributed by atoms with E-state index in [0.29, 0.717) is 33.6 Å². The lowest BCUT2D eigenvalue weighted by molar-refractivity contribution is -0.117. The van der Waals surface area contributed by atoms with Gasteiger partial charge in [-0.15, -0.1) is 23.2 Å². The Morgan fingerprint density at radius 1 is 1.06 bits per heavy atom. The van der Waals surface area contributed by atoms with Crippen LogP contribution < -0.4 is 15.4 Å². The van der Waals surface area contributed by atoms with Gasteiger partial charge in [0, 0.05) is 18.2 Å². The van der Waals surface area contributed by atoms with E-state index in [1.165, 1.54) is 13.2 Å². The summed E-state index contributed by atoms with van der Waals surface area (Å²) < 4.78 is 3.81. The Kier molecular flexibility index (Phi) is 7.54. The van der Waals surface area contributed by atoms with Crippen LogP contribution in [0, 0.1) is 5.92 Å². The summed E-state index contributed by atoms with van der Waals surface area (Å²) >= 11 is 31.4. The van der Waals surface area contributed by atoms with Crippen LogP contribution in [0.5, 0.6) is 5.75 Å². The summed E-state index contributed by atoms with van der Waals surface area (Å²) in [5, 5.41) is 6.37. The standard InChI is InChI=1S/C21H19Cl5N2O3/c1-3-6-27-19(29)12-9-11(4-5-13(12)22)28-20(30)17-16(21(17,25)26)10-7-14(23)18(31-2)15(24)8-10/h4-5,7-9,16-17H,3,6H2,1-2H3,(H,27,29)(H,28,30)/t16-,17+/m1/s1. The molecule has 0 aliphatic heterocycles. The van der Waals surface area contributed by atoms with Crippen molar-refractivity contribution in [3.63, 3.8) is 0 Å². The van der Waals surface area contributed by atoms with Gasteiger partial charge in [0.1, 0.15) is 4.33 Å². The van der Waals surface area contributed by atoms with Crippen molar-refractivity contribution in [1.29, 1.82) is 0 Å². The molecule has 1 fully saturated rings. The number of ether oxygens (including phenoxy) is 1. The van der Waals surface area contributed by atoms with Crippen LogP contribution in [-0.2, 0) is 4.79 Å². The molecule has 2 N–H and O–H groups in total. The summed E-state index contributed by atoms with van der Waals surface area (Å²) in [5.74, 6) is -1.65. The molecule has 10 heteroatoms. The van der Waals surface area contributed by atoms with Crippen LogP contribution in [0.25, 0.3) is 0 Å². The van der Waals surface area contributed by atoms with E-state index in [2.05, 4.69) is 10.6 Å². The summed E-state index contributed by atoms with van der Waals surface area (Å²) in [6, 6.07) is 7.90. The summed E-state index contributed by atoms with van der Waals surface area (Å²) in [6.45, 7) is 2.46. The van der Waals surface area contributed by atoms with Gasteiger partial charge in [-0.1, -0.05) is 41.7 Å². The molecule has 0 radical (unpaired) electrons. The average Bonchev–Trinajstić information content (AvgIpc) is 3.29. The topological polar surface area (TPSA) is 67.4 Å². The van der Waals surface area contributed by atoms with Gasteiger partial charge in [-0.25, -0.2) is 0 Å². The Bertz CT molecular complexity index is 1010. The van der Waals surface area contributed by atoms with Crippen molar-refractivity contribution in [2.45, 2.75) is 23.6 Å². The SMILES string of the molecule is CCCNC(=O)c1cc(NC(=O)[C@@H]2[C@@H](c3cc(Cl)c(OC)c(Cl)c3)C2(Cl)Cl)ccc1Cl. The van der Waals surface area contributed by atoms with Crippen LogP contribution >= 0.6 is 58.0 Å². The van der Waals surface area contributed by atoms with Gasteiger partial charge in [-0.3, -0.25) is 9.59 Å². The molecule has 0 unspecified atom stereocenters. The fourth-order valence-corrected chi connectivity index (χ4v) is 5.04. The van der Waals surface area contributed by atoms with Crippen molar-refractivity contribution < 1.29 is 14.3 Å². The zero-order valence-corrected chi connectivity index (χ0v) is 20.3. The first-order valence-electron chi connectivity index (χ1n) is 9.41. The highest BCUT2D eigenvalue weighted by Crippen LogP contribution is 2.65. The van der Waals surface area contributed by atoms with E-state index in [9.17, 15) is 9.59 Å². The maximum absolute atomic E-state index is 12.9. The summed E-state index contributed by atoms with van der Waals surface area (Å²) in [6.07, 6.45) is 0.787. The minimum absolute atomic E-state index is 0.261. The van der Waals surface area contributed by atoms with Crippen molar-refractivity contribution >= 4 is 75.5 Å². The van der Waals surface area contributed by atoms with E-state index in [0.717, 1.165) is 6.42 Å². The fourth-order valence-electron chi connectivity index (χ4n) is 3.35. The minimum atomic E-state index is -1.33. The normalized spacial score (nSPS) is 18.9. The molecule has 166 valence electrons. The van der Waals surface area contributed by atoms with E-state index in [1.807, 2.05) is 6.92 Å². The first kappa shape index (κ1) is 24.3. The van der Waals surface area contributed by atoms with E-state index in [1.54, 1.807) is 24.3 Å². The molecule has 0 spiro atoms. The number of anilines is 1. The summed E-state index contributed by atoms with van der Waals surface area (Å²) in [5.41, 5.74) is 1.28. The molecule has 1 aliphatic carbocycles. The number of nitrogens with one attached hydrogen (secondary N) is 2. The Labute approximate surface area is 205 Å². The Hall–Kier alpha value is -1.37. The lowest BCUT2D eigenvalue weighted by Crippen LogP contribution is -2.24. The zero-order chi connectivity index (χ0) is 22.9. The monoisotopic (exact) mass is 522 g/mol. The molecule has 1 saturated carbocycles. The second kappa shape index (κ2) is 9.63. The Morgan fingerprint density at radius 2 is 1.71 bits per heavy atom. The smallest absolute Gasteiger partial charge is 0.252 e. The summed E-state index contributed by atoms with van der Waals surface area (Å²) in [7, 11) is 1.45. The van der Waals surface area contributed by atoms with Crippen molar-refractivity contribution in [2.75, 3.05) is 19.0 Å². The second-order valence-electron chi connectivity index (χ2n) is 7.09. The third-order valence-electron chi connectivity index (χ3n) is 4.93. The number of amides is 2. The quantitative estimate of drug-likeness (QED) is 0.417. The average molecular weight is 525 g/mol. The third-order valence-corrected chi connectivity index (χ3v) is 6.77. The molecule has 3 rings (SSSR count). The molecule has 1 aliphatic rings. The first-order valence-corrected chi connectivity index (χ1v) is 11.3. The zero-order valence-electron chi connectivity index (χ0n) is 16.6. The molecule has 2 amide bonds. The van der Waals surface area contributed by atoms with Gasteiger partial charge >= 0.3 is 0 Å². The molecule has 2 atom stereocenters. The number of methoxy groups -OCH3 is 1. The molecule has 2 aromatic rings. The number of carbonyl (C=O) groups is 2. The van der Waals surface area contributed by atoms with Gasteiger partial charge in [0.25, 0.3) is 5.91 Å². The van der Waals surface area contributed by atoms with Crippen LogP contribution in [0.1, 0.15) is 35.2 Å². The number of halogens is 5. The van der Waals surface area contributed by atoms with Crippen molar-refractivity contribution in [3.8, 4) is 5.75 Å². The second-order valence-corrected chi connectivity index (χ2v) is 9.75. The van der Waals surface area contributed by atoms with Crippen LogP contribution in [0.3, 0.4) is 0 Å². The first-order chi connectivity index (χ1) is 14.6. The lowest BCUT2D eigenvalue weighted by atomic mass is 10.1. The van der Waals surface area contributed by atoms with E-state index >= 15 is 0 Å². The largest absolute Gasteiger partial charge is 0.494 e. The number of hydrogen-bond donors (Lipinski definition) is 2. The van der Waals surface area contributed by atoms with Gasteiger partial charge < -0.3 is 15.4 Å². The van der Waals surface area contributed by atoms with Crippen LogP contribution in [-0.4, -0.2) is 29.8 Å². The molecule has 0 bridgehead atoms. The van der Waals surface area contributed by atoms with Crippen LogP contribution in [0.4, 0.5) is 5.69 Å². The minimum Gasteiger partial charge on any atom is -0.494 e. The van der Waals surface area contributed by atoms with Crippen molar-refractivity contribution in [3.05, 3.63) is 56.5 Å². The highest BCUT2D eigenvalue weighted by molar-refractivity contribution is 6.53. The molecule has 2 aromatic carbocycles. The Morgan fingerprint density at radius 3 is 2.29 bits per heavy atom. The van der Waals surface area contributed by atoms with Gasteiger partial charge in [-0.2, -0.15) is 0 Å². The number of benzene rings is 2. The van der Waals surface area contributed by atoms with E-state index in [-0.39, 0.29) is 16.5 Å².